The van der Waals surface area contributed by atoms with Crippen molar-refractivity contribution in [3.05, 3.63) is 59.4 Å². The molecule has 1 aliphatic rings. The van der Waals surface area contributed by atoms with E-state index >= 15 is 0 Å². The number of primary amides is 1. The quantitative estimate of drug-likeness (QED) is 0.335. The number of benzene rings is 2. The van der Waals surface area contributed by atoms with Gasteiger partial charge in [-0.3, -0.25) is 4.79 Å². The highest BCUT2D eigenvalue weighted by Crippen LogP contribution is 2.39. The summed E-state index contributed by atoms with van der Waals surface area (Å²) in [5, 5.41) is 3.32. The lowest BCUT2D eigenvalue weighted by Crippen LogP contribution is -2.44. The highest BCUT2D eigenvalue weighted by atomic mass is 32.1. The molecule has 10 heteroatoms. The van der Waals surface area contributed by atoms with Crippen LogP contribution >= 0.6 is 11.3 Å². The van der Waals surface area contributed by atoms with Crippen LogP contribution in [0.2, 0.25) is 0 Å². The van der Waals surface area contributed by atoms with Gasteiger partial charge in [-0.15, -0.1) is 11.3 Å². The Kier molecular flexibility index (Phi) is 7.44. The molecule has 3 heterocycles. The van der Waals surface area contributed by atoms with E-state index in [0.717, 1.165) is 64.0 Å². The van der Waals surface area contributed by atoms with Crippen LogP contribution in [-0.4, -0.2) is 60.1 Å². The van der Waals surface area contributed by atoms with Crippen LogP contribution in [0.3, 0.4) is 0 Å². The van der Waals surface area contributed by atoms with Gasteiger partial charge < -0.3 is 25.6 Å². The molecular formula is C28H31FN6O2S. The van der Waals surface area contributed by atoms with Crippen molar-refractivity contribution >= 4 is 44.8 Å². The Balaban J connectivity index is 1.51. The van der Waals surface area contributed by atoms with Gasteiger partial charge in [-0.2, -0.15) is 0 Å². The summed E-state index contributed by atoms with van der Waals surface area (Å²) >= 11 is 1.41. The number of nitrogens with zero attached hydrogens (tertiary/aromatic N) is 4. The zero-order valence-corrected chi connectivity index (χ0v) is 22.5. The Labute approximate surface area is 225 Å². The van der Waals surface area contributed by atoms with E-state index in [1.165, 1.54) is 23.5 Å². The summed E-state index contributed by atoms with van der Waals surface area (Å²) in [5.41, 5.74) is 9.59. The maximum Gasteiger partial charge on any atom is 0.227 e. The van der Waals surface area contributed by atoms with E-state index in [9.17, 15) is 9.18 Å². The minimum Gasteiger partial charge on any atom is -0.489 e. The normalized spacial score (nSPS) is 14.3. The Morgan fingerprint density at radius 2 is 1.89 bits per heavy atom. The summed E-state index contributed by atoms with van der Waals surface area (Å²) < 4.78 is 20.6. The SMILES string of the molecule is CC(C)Oc1cc(N2CCN(C)CC2)ccc1Nc1ncc2sc(CC(N)=O)c(-c3ccc(F)cc3)c2n1. The number of rotatable bonds is 8. The number of anilines is 3. The molecule has 2 aromatic carbocycles. The standard InChI is InChI=1S/C28H31FN6O2S/c1-17(2)37-22-14-20(35-12-10-34(3)11-13-35)8-9-21(22)32-28-31-16-24-27(33-28)26(23(38-24)15-25(30)36)18-4-6-19(29)7-5-18/h4-9,14,16-17H,10-13,15H2,1-3H3,(H2,30,36)(H,31,32,33). The molecule has 1 aliphatic heterocycles. The fraction of sp³-hybridized carbons (Fsp3) is 0.321. The zero-order chi connectivity index (χ0) is 26.8. The number of halogens is 1. The molecule has 0 spiro atoms. The number of thiophene rings is 1. The number of hydrogen-bond acceptors (Lipinski definition) is 8. The van der Waals surface area contributed by atoms with E-state index in [1.807, 2.05) is 19.9 Å². The molecule has 2 aromatic heterocycles. The largest absolute Gasteiger partial charge is 0.489 e. The van der Waals surface area contributed by atoms with E-state index in [0.29, 0.717) is 11.5 Å². The van der Waals surface area contributed by atoms with Gasteiger partial charge in [0.2, 0.25) is 11.9 Å². The second-order valence-corrected chi connectivity index (χ2v) is 10.9. The summed E-state index contributed by atoms with van der Waals surface area (Å²) in [4.78, 5) is 26.6. The molecule has 0 radical (unpaired) electrons. The molecule has 198 valence electrons. The van der Waals surface area contributed by atoms with Crippen LogP contribution in [0, 0.1) is 5.82 Å². The van der Waals surface area contributed by atoms with Gasteiger partial charge in [0.15, 0.2) is 0 Å². The number of likely N-dealkylation sites (N-methyl/N-ethyl adjacent to an activating group) is 1. The van der Waals surface area contributed by atoms with Crippen LogP contribution in [0.1, 0.15) is 18.7 Å². The summed E-state index contributed by atoms with van der Waals surface area (Å²) in [7, 11) is 2.14. The van der Waals surface area contributed by atoms with E-state index in [2.05, 4.69) is 39.3 Å². The lowest BCUT2D eigenvalue weighted by Gasteiger charge is -2.34. The fourth-order valence-corrected chi connectivity index (χ4v) is 5.69. The van der Waals surface area contributed by atoms with Crippen LogP contribution < -0.4 is 20.7 Å². The van der Waals surface area contributed by atoms with Gasteiger partial charge in [-0.25, -0.2) is 14.4 Å². The second kappa shape index (κ2) is 10.9. The van der Waals surface area contributed by atoms with Gasteiger partial charge in [-0.05, 0) is 50.7 Å². The van der Waals surface area contributed by atoms with Crippen LogP contribution in [0.15, 0.2) is 48.7 Å². The topological polar surface area (TPSA) is 96.6 Å². The van der Waals surface area contributed by atoms with E-state index < -0.39 is 5.91 Å². The minimum atomic E-state index is -0.442. The molecule has 5 rings (SSSR count). The Hall–Kier alpha value is -3.76. The summed E-state index contributed by atoms with van der Waals surface area (Å²) in [6, 6.07) is 12.3. The Morgan fingerprint density at radius 3 is 2.58 bits per heavy atom. The Bertz CT molecular complexity index is 1450. The lowest BCUT2D eigenvalue weighted by atomic mass is 10.0. The molecule has 8 nitrogen and oxygen atoms in total. The highest BCUT2D eigenvalue weighted by Gasteiger charge is 2.20. The van der Waals surface area contributed by atoms with Crippen molar-refractivity contribution in [1.82, 2.24) is 14.9 Å². The summed E-state index contributed by atoms with van der Waals surface area (Å²) in [5.74, 6) is 0.338. The van der Waals surface area contributed by atoms with Gasteiger partial charge in [0, 0.05) is 48.4 Å². The van der Waals surface area contributed by atoms with Gasteiger partial charge in [0.25, 0.3) is 0 Å². The predicted octanol–water partition coefficient (Wildman–Crippen LogP) is 4.81. The molecule has 1 amide bonds. The third-order valence-corrected chi connectivity index (χ3v) is 7.53. The van der Waals surface area contributed by atoms with E-state index in [1.54, 1.807) is 18.3 Å². The van der Waals surface area contributed by atoms with Gasteiger partial charge in [0.1, 0.15) is 11.6 Å². The number of piperazine rings is 1. The third kappa shape index (κ3) is 5.71. The average molecular weight is 535 g/mol. The zero-order valence-electron chi connectivity index (χ0n) is 21.7. The maximum atomic E-state index is 13.6. The Morgan fingerprint density at radius 1 is 1.16 bits per heavy atom. The third-order valence-electron chi connectivity index (χ3n) is 6.41. The van der Waals surface area contributed by atoms with Crippen molar-refractivity contribution < 1.29 is 13.9 Å². The molecule has 0 atom stereocenters. The van der Waals surface area contributed by atoms with Crippen LogP contribution in [-0.2, 0) is 11.2 Å². The van der Waals surface area contributed by atoms with Crippen molar-refractivity contribution in [3.63, 3.8) is 0 Å². The summed E-state index contributed by atoms with van der Waals surface area (Å²) in [6.07, 6.45) is 1.78. The molecule has 4 aromatic rings. The van der Waals surface area contributed by atoms with Crippen molar-refractivity contribution in [2.24, 2.45) is 5.73 Å². The number of nitrogens with two attached hydrogens (primary N) is 1. The molecule has 1 saturated heterocycles. The number of carbonyl (C=O) groups is 1. The number of fused-ring (bicyclic) bond motifs is 1. The van der Waals surface area contributed by atoms with Crippen molar-refractivity contribution in [2.75, 3.05) is 43.4 Å². The predicted molar refractivity (Wildman–Crippen MR) is 151 cm³/mol. The van der Waals surface area contributed by atoms with Crippen LogP contribution in [0.5, 0.6) is 5.75 Å². The first kappa shape index (κ1) is 25.9. The number of ether oxygens (including phenoxy) is 1. The molecule has 0 unspecified atom stereocenters. The van der Waals surface area contributed by atoms with Crippen molar-refractivity contribution in [1.29, 1.82) is 0 Å². The van der Waals surface area contributed by atoms with Crippen molar-refractivity contribution in [2.45, 2.75) is 26.4 Å². The number of amides is 1. The minimum absolute atomic E-state index is 0.0139. The summed E-state index contributed by atoms with van der Waals surface area (Å²) in [6.45, 7) is 7.95. The number of hydrogen-bond donors (Lipinski definition) is 2. The lowest BCUT2D eigenvalue weighted by molar-refractivity contribution is -0.117. The van der Waals surface area contributed by atoms with Gasteiger partial charge >= 0.3 is 0 Å². The monoisotopic (exact) mass is 534 g/mol. The van der Waals surface area contributed by atoms with E-state index in [-0.39, 0.29) is 18.3 Å². The van der Waals surface area contributed by atoms with Crippen LogP contribution in [0.25, 0.3) is 21.3 Å². The van der Waals surface area contributed by atoms with Gasteiger partial charge in [-0.1, -0.05) is 12.1 Å². The number of aromatic nitrogens is 2. The molecule has 3 N–H and O–H groups in total. The molecular weight excluding hydrogens is 503 g/mol. The molecule has 0 saturated carbocycles. The van der Waals surface area contributed by atoms with Crippen molar-refractivity contribution in [3.8, 4) is 16.9 Å². The van der Waals surface area contributed by atoms with Crippen LogP contribution in [0.4, 0.5) is 21.7 Å². The number of nitrogens with one attached hydrogen (secondary N) is 1. The first-order valence-corrected chi connectivity index (χ1v) is 13.4. The maximum absolute atomic E-state index is 13.6. The first-order valence-electron chi connectivity index (χ1n) is 12.6. The highest BCUT2D eigenvalue weighted by molar-refractivity contribution is 7.19. The second-order valence-electron chi connectivity index (χ2n) is 9.72. The molecule has 38 heavy (non-hydrogen) atoms. The molecule has 1 fully saturated rings. The molecule has 0 bridgehead atoms. The van der Waals surface area contributed by atoms with E-state index in [4.69, 9.17) is 15.5 Å². The molecule has 0 aliphatic carbocycles. The fourth-order valence-electron chi connectivity index (χ4n) is 4.55. The number of carbonyl (C=O) groups excluding carboxylic acids is 1. The van der Waals surface area contributed by atoms with Gasteiger partial charge in [0.05, 0.1) is 34.6 Å². The smallest absolute Gasteiger partial charge is 0.227 e. The average Bonchev–Trinajstić information content (AvgIpc) is 3.22. The first-order chi connectivity index (χ1) is 18.3.